The summed E-state index contributed by atoms with van der Waals surface area (Å²) >= 11 is 3.39. The molecule has 0 saturated carbocycles. The molecule has 11 heavy (non-hydrogen) atoms. The summed E-state index contributed by atoms with van der Waals surface area (Å²) in [5, 5.41) is 0.845. The summed E-state index contributed by atoms with van der Waals surface area (Å²) in [6.07, 6.45) is 0. The van der Waals surface area contributed by atoms with E-state index in [-0.39, 0.29) is 0 Å². The second-order valence-electron chi connectivity index (χ2n) is 2.55. The maximum atomic E-state index is 3.96. The molecular weight excluding hydrogens is 200 g/mol. The number of allylic oxidation sites excluding steroid dienone is 1. The average Bonchev–Trinajstić information content (AvgIpc) is 2.04. The topological polar surface area (TPSA) is 0 Å². The Morgan fingerprint density at radius 1 is 1.45 bits per heavy atom. The van der Waals surface area contributed by atoms with Crippen LogP contribution in [0.25, 0.3) is 5.57 Å². The fourth-order valence-electron chi connectivity index (χ4n) is 1.04. The summed E-state index contributed by atoms with van der Waals surface area (Å²) in [5.41, 5.74) is 3.68. The average molecular weight is 211 g/mol. The highest BCUT2D eigenvalue weighted by Gasteiger charge is 1.98. The van der Waals surface area contributed by atoms with Crippen molar-refractivity contribution < 1.29 is 0 Å². The van der Waals surface area contributed by atoms with Gasteiger partial charge in [0.05, 0.1) is 0 Å². The molecule has 0 spiro atoms. The van der Waals surface area contributed by atoms with E-state index in [0.29, 0.717) is 0 Å². The van der Waals surface area contributed by atoms with Crippen molar-refractivity contribution in [2.24, 2.45) is 0 Å². The fourth-order valence-corrected chi connectivity index (χ4v) is 1.34. The fraction of sp³-hybridized carbons (Fsp3) is 0.200. The highest BCUT2D eigenvalue weighted by atomic mass is 79.9. The van der Waals surface area contributed by atoms with Crippen molar-refractivity contribution >= 4 is 21.5 Å². The third-order valence-electron chi connectivity index (χ3n) is 1.69. The molecule has 1 aromatic carbocycles. The van der Waals surface area contributed by atoms with Crippen LogP contribution in [0.5, 0.6) is 0 Å². The number of hydrogen-bond acceptors (Lipinski definition) is 0. The quantitative estimate of drug-likeness (QED) is 0.657. The molecule has 0 amide bonds. The molecule has 0 atom stereocenters. The van der Waals surface area contributed by atoms with Crippen LogP contribution in [0.15, 0.2) is 30.8 Å². The number of halogens is 1. The molecule has 0 unspecified atom stereocenters. The molecule has 0 aromatic heterocycles. The summed E-state index contributed by atoms with van der Waals surface area (Å²) in [7, 11) is 0. The number of rotatable bonds is 2. The third kappa shape index (κ3) is 1.93. The predicted molar refractivity (Wildman–Crippen MR) is 54.0 cm³/mol. The van der Waals surface area contributed by atoms with E-state index in [1.165, 1.54) is 11.1 Å². The standard InChI is InChI=1S/C10H11Br/c1-8-5-3-4-6-10(8)9(2)7-11/h3-6H,2,7H2,1H3. The van der Waals surface area contributed by atoms with Gasteiger partial charge in [-0.15, -0.1) is 0 Å². The highest BCUT2D eigenvalue weighted by molar-refractivity contribution is 9.09. The number of alkyl halides is 1. The molecule has 1 heteroatoms. The van der Waals surface area contributed by atoms with Crippen molar-refractivity contribution in [2.45, 2.75) is 6.92 Å². The van der Waals surface area contributed by atoms with Gasteiger partial charge in [-0.3, -0.25) is 0 Å². The van der Waals surface area contributed by atoms with Crippen molar-refractivity contribution in [1.29, 1.82) is 0 Å². The lowest BCUT2D eigenvalue weighted by Gasteiger charge is -2.04. The van der Waals surface area contributed by atoms with Crippen LogP contribution in [0.3, 0.4) is 0 Å². The van der Waals surface area contributed by atoms with Crippen LogP contribution >= 0.6 is 15.9 Å². The van der Waals surface area contributed by atoms with Gasteiger partial charge in [-0.1, -0.05) is 46.8 Å². The van der Waals surface area contributed by atoms with Crippen molar-refractivity contribution in [3.05, 3.63) is 42.0 Å². The summed E-state index contributed by atoms with van der Waals surface area (Å²) in [5.74, 6) is 0. The lowest BCUT2D eigenvalue weighted by Crippen LogP contribution is -1.86. The second-order valence-corrected chi connectivity index (χ2v) is 3.11. The molecular formula is C10H11Br. The van der Waals surface area contributed by atoms with E-state index in [2.05, 4.69) is 41.6 Å². The molecule has 0 radical (unpaired) electrons. The Kier molecular flexibility index (Phi) is 2.89. The lowest BCUT2D eigenvalue weighted by molar-refractivity contribution is 1.42. The van der Waals surface area contributed by atoms with Crippen molar-refractivity contribution in [3.8, 4) is 0 Å². The summed E-state index contributed by atoms with van der Waals surface area (Å²) < 4.78 is 0. The van der Waals surface area contributed by atoms with Crippen LogP contribution in [-0.4, -0.2) is 5.33 Å². The maximum Gasteiger partial charge on any atom is 0.0283 e. The normalized spacial score (nSPS) is 9.64. The van der Waals surface area contributed by atoms with Gasteiger partial charge in [0.25, 0.3) is 0 Å². The molecule has 0 aliphatic rings. The molecule has 1 rings (SSSR count). The smallest absolute Gasteiger partial charge is 0.0283 e. The van der Waals surface area contributed by atoms with E-state index >= 15 is 0 Å². The minimum Gasteiger partial charge on any atom is -0.0944 e. The molecule has 0 nitrogen and oxygen atoms in total. The maximum absolute atomic E-state index is 3.96. The van der Waals surface area contributed by atoms with Crippen LogP contribution in [0, 0.1) is 6.92 Å². The van der Waals surface area contributed by atoms with E-state index in [0.717, 1.165) is 10.9 Å². The Bertz CT molecular complexity index is 263. The monoisotopic (exact) mass is 210 g/mol. The largest absolute Gasteiger partial charge is 0.0944 e. The summed E-state index contributed by atoms with van der Waals surface area (Å²) in [4.78, 5) is 0. The molecule has 0 heterocycles. The molecule has 0 saturated heterocycles. The van der Waals surface area contributed by atoms with E-state index in [1.54, 1.807) is 0 Å². The predicted octanol–water partition coefficient (Wildman–Crippen LogP) is 3.40. The van der Waals surface area contributed by atoms with Crippen LogP contribution in [0.1, 0.15) is 11.1 Å². The van der Waals surface area contributed by atoms with Crippen LogP contribution < -0.4 is 0 Å². The van der Waals surface area contributed by atoms with Crippen molar-refractivity contribution in [2.75, 3.05) is 5.33 Å². The van der Waals surface area contributed by atoms with E-state index < -0.39 is 0 Å². The van der Waals surface area contributed by atoms with Crippen molar-refractivity contribution in [3.63, 3.8) is 0 Å². The molecule has 1 aromatic rings. The summed E-state index contributed by atoms with van der Waals surface area (Å²) in [6.45, 7) is 6.06. The Morgan fingerprint density at radius 2 is 2.09 bits per heavy atom. The molecule has 0 fully saturated rings. The molecule has 58 valence electrons. The lowest BCUT2D eigenvalue weighted by atomic mass is 10.0. The first-order chi connectivity index (χ1) is 5.25. The minimum atomic E-state index is 0.845. The van der Waals surface area contributed by atoms with Gasteiger partial charge in [-0.2, -0.15) is 0 Å². The first-order valence-corrected chi connectivity index (χ1v) is 4.67. The van der Waals surface area contributed by atoms with Crippen LogP contribution in [-0.2, 0) is 0 Å². The Morgan fingerprint density at radius 3 is 2.64 bits per heavy atom. The van der Waals surface area contributed by atoms with E-state index in [9.17, 15) is 0 Å². The number of benzene rings is 1. The van der Waals surface area contributed by atoms with E-state index in [4.69, 9.17) is 0 Å². The van der Waals surface area contributed by atoms with Gasteiger partial charge in [0.15, 0.2) is 0 Å². The zero-order valence-electron chi connectivity index (χ0n) is 6.60. The van der Waals surface area contributed by atoms with Gasteiger partial charge in [-0.25, -0.2) is 0 Å². The molecule has 0 N–H and O–H groups in total. The highest BCUT2D eigenvalue weighted by Crippen LogP contribution is 2.17. The van der Waals surface area contributed by atoms with Gasteiger partial charge in [-0.05, 0) is 23.6 Å². The van der Waals surface area contributed by atoms with Gasteiger partial charge in [0.2, 0.25) is 0 Å². The molecule has 0 aliphatic carbocycles. The number of aryl methyl sites for hydroxylation is 1. The molecule has 0 bridgehead atoms. The third-order valence-corrected chi connectivity index (χ3v) is 2.36. The van der Waals surface area contributed by atoms with E-state index in [1.807, 2.05) is 12.1 Å². The number of hydrogen-bond donors (Lipinski definition) is 0. The first-order valence-electron chi connectivity index (χ1n) is 3.55. The SMILES string of the molecule is C=C(CBr)c1ccccc1C. The Labute approximate surface area is 76.1 Å². The summed E-state index contributed by atoms with van der Waals surface area (Å²) in [6, 6.07) is 8.28. The first kappa shape index (κ1) is 8.54. The van der Waals surface area contributed by atoms with Crippen molar-refractivity contribution in [1.82, 2.24) is 0 Å². The van der Waals surface area contributed by atoms with Gasteiger partial charge in [0.1, 0.15) is 0 Å². The van der Waals surface area contributed by atoms with Gasteiger partial charge in [0, 0.05) is 5.33 Å². The Hall–Kier alpha value is -0.560. The Balaban J connectivity index is 3.03. The zero-order valence-corrected chi connectivity index (χ0v) is 8.19. The van der Waals surface area contributed by atoms with Gasteiger partial charge < -0.3 is 0 Å². The van der Waals surface area contributed by atoms with Crippen LogP contribution in [0.2, 0.25) is 0 Å². The van der Waals surface area contributed by atoms with Gasteiger partial charge >= 0.3 is 0 Å². The minimum absolute atomic E-state index is 0.845. The zero-order chi connectivity index (χ0) is 8.27. The van der Waals surface area contributed by atoms with Crippen LogP contribution in [0.4, 0.5) is 0 Å². The molecule has 0 aliphatic heterocycles. The second kappa shape index (κ2) is 3.72.